The largest absolute Gasteiger partial charge is 0.490 e. The van der Waals surface area contributed by atoms with E-state index in [2.05, 4.69) is 48.6 Å². The molecule has 0 unspecified atom stereocenters. The molecule has 32 heavy (non-hydrogen) atoms. The van der Waals surface area contributed by atoms with Crippen LogP contribution in [-0.4, -0.2) is 43.1 Å². The smallest absolute Gasteiger partial charge is 0.329 e. The summed E-state index contributed by atoms with van der Waals surface area (Å²) in [6.07, 6.45) is 1.51. The fourth-order valence-electron chi connectivity index (χ4n) is 2.89. The van der Waals surface area contributed by atoms with Crippen molar-refractivity contribution in [2.75, 3.05) is 20.3 Å². The van der Waals surface area contributed by atoms with E-state index in [9.17, 15) is 14.4 Å². The zero-order valence-electron chi connectivity index (χ0n) is 17.3. The second kappa shape index (κ2) is 10.8. The first-order valence-electron chi connectivity index (χ1n) is 9.57. The number of halogens is 2. The Balaban J connectivity index is 1.83. The number of ether oxygens (including phenoxy) is 3. The van der Waals surface area contributed by atoms with E-state index in [-0.39, 0.29) is 5.70 Å². The molecule has 1 aliphatic heterocycles. The van der Waals surface area contributed by atoms with Gasteiger partial charge < -0.3 is 19.5 Å². The van der Waals surface area contributed by atoms with Gasteiger partial charge in [0.1, 0.15) is 18.8 Å². The number of methoxy groups -OCH3 is 1. The predicted octanol–water partition coefficient (Wildman–Crippen LogP) is 4.10. The van der Waals surface area contributed by atoms with Crippen LogP contribution in [0.15, 0.2) is 46.6 Å². The molecular weight excluding hydrogens is 595 g/mol. The Morgan fingerprint density at radius 3 is 2.56 bits per heavy atom. The molecule has 0 spiro atoms. The monoisotopic (exact) mass is 614 g/mol. The average molecular weight is 615 g/mol. The lowest BCUT2D eigenvalue weighted by atomic mass is 10.1. The maximum absolute atomic E-state index is 12.5. The average Bonchev–Trinajstić information content (AvgIpc) is 3.01. The Hall–Kier alpha value is -2.60. The molecule has 1 N–H and O–H groups in total. The van der Waals surface area contributed by atoms with Crippen molar-refractivity contribution in [1.82, 2.24) is 10.2 Å². The topological polar surface area (TPSA) is 94.2 Å². The second-order valence-corrected chi connectivity index (χ2v) is 8.73. The molecule has 10 heteroatoms. The van der Waals surface area contributed by atoms with Crippen LogP contribution in [-0.2, 0) is 20.9 Å². The number of imide groups is 1. The molecule has 0 saturated carbocycles. The highest BCUT2D eigenvalue weighted by Crippen LogP contribution is 2.38. The first-order valence-corrected chi connectivity index (χ1v) is 11.4. The lowest BCUT2D eigenvalue weighted by molar-refractivity contribution is -0.143. The Labute approximate surface area is 207 Å². The number of hydrogen-bond donors (Lipinski definition) is 1. The van der Waals surface area contributed by atoms with Gasteiger partial charge in [0.2, 0.25) is 0 Å². The molecule has 1 heterocycles. The van der Waals surface area contributed by atoms with E-state index < -0.39 is 24.5 Å². The quantitative estimate of drug-likeness (QED) is 0.208. The lowest BCUT2D eigenvalue weighted by Gasteiger charge is -2.15. The Kier molecular flexibility index (Phi) is 8.13. The van der Waals surface area contributed by atoms with E-state index in [1.165, 1.54) is 13.2 Å². The van der Waals surface area contributed by atoms with Gasteiger partial charge in [-0.25, -0.2) is 9.69 Å². The van der Waals surface area contributed by atoms with Crippen LogP contribution in [0.4, 0.5) is 4.79 Å². The van der Waals surface area contributed by atoms with Crippen LogP contribution in [0.1, 0.15) is 18.1 Å². The summed E-state index contributed by atoms with van der Waals surface area (Å²) >= 11 is 5.75. The minimum Gasteiger partial charge on any atom is -0.490 e. The van der Waals surface area contributed by atoms with Crippen molar-refractivity contribution < 1.29 is 28.6 Å². The van der Waals surface area contributed by atoms with E-state index in [1.807, 2.05) is 31.2 Å². The molecule has 0 atom stereocenters. The molecule has 1 saturated heterocycles. The van der Waals surface area contributed by atoms with Crippen molar-refractivity contribution in [3.05, 3.63) is 61.3 Å². The van der Waals surface area contributed by atoms with Crippen LogP contribution in [0.25, 0.3) is 6.08 Å². The maximum Gasteiger partial charge on any atom is 0.329 e. The molecule has 0 bridgehead atoms. The molecule has 1 aliphatic rings. The van der Waals surface area contributed by atoms with Gasteiger partial charge in [0.25, 0.3) is 5.91 Å². The molecule has 0 aliphatic carbocycles. The number of rotatable bonds is 8. The summed E-state index contributed by atoms with van der Waals surface area (Å²) in [5.41, 5.74) is 1.65. The van der Waals surface area contributed by atoms with Crippen molar-refractivity contribution in [1.29, 1.82) is 0 Å². The van der Waals surface area contributed by atoms with E-state index in [0.29, 0.717) is 34.7 Å². The van der Waals surface area contributed by atoms with Gasteiger partial charge in [0.15, 0.2) is 11.5 Å². The predicted molar refractivity (Wildman–Crippen MR) is 129 cm³/mol. The standard InChI is InChI=1S/C22H20BrIN2O6/c1-3-31-18-10-14(9-17-21(28)26(22(29)25-17)11-19(27)30-2)8-16(23)20(18)32-12-13-4-6-15(24)7-5-13/h4-10H,3,11-12H2,1-2H3,(H,25,29)/b17-9+. The first kappa shape index (κ1) is 24.1. The van der Waals surface area contributed by atoms with Gasteiger partial charge in [-0.15, -0.1) is 0 Å². The van der Waals surface area contributed by atoms with E-state index in [1.54, 1.807) is 12.1 Å². The van der Waals surface area contributed by atoms with Gasteiger partial charge in [0, 0.05) is 3.57 Å². The molecule has 8 nitrogen and oxygen atoms in total. The minimum atomic E-state index is -0.689. The van der Waals surface area contributed by atoms with E-state index in [4.69, 9.17) is 9.47 Å². The van der Waals surface area contributed by atoms with Crippen LogP contribution >= 0.6 is 38.5 Å². The van der Waals surface area contributed by atoms with Crippen molar-refractivity contribution in [3.8, 4) is 11.5 Å². The number of benzene rings is 2. The summed E-state index contributed by atoms with van der Waals surface area (Å²) in [5, 5.41) is 2.47. The van der Waals surface area contributed by atoms with Crippen LogP contribution in [0, 0.1) is 3.57 Å². The van der Waals surface area contributed by atoms with Gasteiger partial charge in [-0.3, -0.25) is 9.59 Å². The highest BCUT2D eigenvalue weighted by atomic mass is 127. The number of carbonyl (C=O) groups excluding carboxylic acids is 3. The molecular formula is C22H20BrIN2O6. The third-order valence-corrected chi connectivity index (χ3v) is 5.72. The summed E-state index contributed by atoms with van der Waals surface area (Å²) < 4.78 is 18.0. The van der Waals surface area contributed by atoms with E-state index in [0.717, 1.165) is 14.0 Å². The van der Waals surface area contributed by atoms with Gasteiger partial charge >= 0.3 is 12.0 Å². The van der Waals surface area contributed by atoms with Crippen LogP contribution in [0.5, 0.6) is 11.5 Å². The molecule has 2 aromatic carbocycles. The molecule has 1 fully saturated rings. The number of esters is 1. The summed E-state index contributed by atoms with van der Waals surface area (Å²) in [5.74, 6) is -0.289. The normalized spacial score (nSPS) is 14.5. The van der Waals surface area contributed by atoms with Crippen molar-refractivity contribution in [3.63, 3.8) is 0 Å². The number of nitrogens with zero attached hydrogens (tertiary/aromatic N) is 1. The second-order valence-electron chi connectivity index (χ2n) is 6.63. The first-order chi connectivity index (χ1) is 15.3. The molecule has 2 aromatic rings. The Bertz CT molecular complexity index is 1070. The molecule has 0 aromatic heterocycles. The summed E-state index contributed by atoms with van der Waals surface area (Å²) in [6, 6.07) is 10.8. The van der Waals surface area contributed by atoms with Gasteiger partial charge in [0.05, 0.1) is 18.2 Å². The fourth-order valence-corrected chi connectivity index (χ4v) is 3.82. The highest BCUT2D eigenvalue weighted by Gasteiger charge is 2.35. The maximum atomic E-state index is 12.5. The number of carbonyl (C=O) groups is 3. The van der Waals surface area contributed by atoms with Crippen LogP contribution in [0.2, 0.25) is 0 Å². The Morgan fingerprint density at radius 1 is 1.19 bits per heavy atom. The van der Waals surface area contributed by atoms with Gasteiger partial charge in [-0.2, -0.15) is 0 Å². The summed E-state index contributed by atoms with van der Waals surface area (Å²) in [4.78, 5) is 36.8. The number of urea groups is 1. The van der Waals surface area contributed by atoms with Crippen molar-refractivity contribution in [2.45, 2.75) is 13.5 Å². The zero-order chi connectivity index (χ0) is 23.3. The number of hydrogen-bond acceptors (Lipinski definition) is 6. The number of nitrogens with one attached hydrogen (secondary N) is 1. The summed E-state index contributed by atoms with van der Waals surface area (Å²) in [7, 11) is 1.19. The molecule has 168 valence electrons. The number of amides is 3. The minimum absolute atomic E-state index is 0.0424. The van der Waals surface area contributed by atoms with Crippen molar-refractivity contribution >= 4 is 62.5 Å². The van der Waals surface area contributed by atoms with Gasteiger partial charge in [-0.1, -0.05) is 12.1 Å². The third kappa shape index (κ3) is 5.80. The lowest BCUT2D eigenvalue weighted by Crippen LogP contribution is -2.36. The SMILES string of the molecule is CCOc1cc(/C=C2/NC(=O)N(CC(=O)OC)C2=O)cc(Br)c1OCc1ccc(I)cc1. The Morgan fingerprint density at radius 2 is 1.91 bits per heavy atom. The van der Waals surface area contributed by atoms with Gasteiger partial charge in [-0.05, 0) is 86.9 Å². The zero-order valence-corrected chi connectivity index (χ0v) is 21.1. The van der Waals surface area contributed by atoms with Crippen LogP contribution < -0.4 is 14.8 Å². The molecule has 0 radical (unpaired) electrons. The molecule has 3 rings (SSSR count). The fraction of sp³-hybridized carbons (Fsp3) is 0.227. The third-order valence-electron chi connectivity index (χ3n) is 4.42. The summed E-state index contributed by atoms with van der Waals surface area (Å²) in [6.45, 7) is 2.16. The van der Waals surface area contributed by atoms with Crippen molar-refractivity contribution in [2.24, 2.45) is 0 Å². The highest BCUT2D eigenvalue weighted by molar-refractivity contribution is 14.1. The molecule has 3 amide bonds. The van der Waals surface area contributed by atoms with E-state index >= 15 is 0 Å². The van der Waals surface area contributed by atoms with Crippen LogP contribution in [0.3, 0.4) is 0 Å².